The van der Waals surface area contributed by atoms with E-state index in [-0.39, 0.29) is 4.21 Å². The molecule has 2 atom stereocenters. The van der Waals surface area contributed by atoms with Crippen molar-refractivity contribution < 1.29 is 45.2 Å². The Bertz CT molecular complexity index is 1770. The van der Waals surface area contributed by atoms with Crippen LogP contribution in [-0.2, 0) is 27.3 Å². The number of halogens is 3. The van der Waals surface area contributed by atoms with Crippen LogP contribution in [0.4, 0.5) is 13.2 Å². The maximum Gasteiger partial charge on any atom is 0.417 e. The highest BCUT2D eigenvalue weighted by molar-refractivity contribution is 7.92. The average molecular weight is 654 g/mol. The Morgan fingerprint density at radius 3 is 2.47 bits per heavy atom. The van der Waals surface area contributed by atoms with Crippen molar-refractivity contribution in [3.8, 4) is 11.8 Å². The number of alkyl halides is 3. The third-order valence-corrected chi connectivity index (χ3v) is 10.7. The number of hydrogen-bond acceptors (Lipinski definition) is 7. The normalized spacial score (nSPS) is 14.2. The van der Waals surface area contributed by atoms with Gasteiger partial charge < -0.3 is 19.1 Å². The molecular formula is C28H27F3N3O6PS2. The van der Waals surface area contributed by atoms with Crippen LogP contribution in [0.15, 0.2) is 77.3 Å². The van der Waals surface area contributed by atoms with Crippen LogP contribution in [0.3, 0.4) is 0 Å². The first-order chi connectivity index (χ1) is 20.3. The first-order valence-corrected chi connectivity index (χ1v) is 17.0. The van der Waals surface area contributed by atoms with E-state index < -0.39 is 46.3 Å². The van der Waals surface area contributed by atoms with Gasteiger partial charge in [-0.05, 0) is 66.6 Å². The molecule has 15 heteroatoms. The first kappa shape index (κ1) is 32.6. The van der Waals surface area contributed by atoms with Gasteiger partial charge in [0.2, 0.25) is 0 Å². The summed E-state index contributed by atoms with van der Waals surface area (Å²) in [5, 5.41) is 9.50. The molecule has 0 fully saturated rings. The fraction of sp³-hybridized carbons (Fsp3) is 0.286. The van der Waals surface area contributed by atoms with Gasteiger partial charge in [0.25, 0.3) is 10.0 Å². The quantitative estimate of drug-likeness (QED) is 0.114. The van der Waals surface area contributed by atoms with Crippen molar-refractivity contribution in [3.63, 3.8) is 0 Å². The van der Waals surface area contributed by atoms with Gasteiger partial charge in [-0.2, -0.15) is 23.2 Å². The molecule has 228 valence electrons. The number of sulfonamides is 1. The van der Waals surface area contributed by atoms with Gasteiger partial charge >= 0.3 is 6.18 Å². The molecule has 2 unspecified atom stereocenters. The zero-order valence-corrected chi connectivity index (χ0v) is 25.1. The largest absolute Gasteiger partial charge is 0.777 e. The Morgan fingerprint density at radius 1 is 1.07 bits per heavy atom. The molecule has 0 aliphatic heterocycles. The number of rotatable bonds is 13. The fourth-order valence-corrected chi connectivity index (χ4v) is 8.31. The Kier molecular flexibility index (Phi) is 10.3. The molecule has 0 aliphatic carbocycles. The van der Waals surface area contributed by atoms with E-state index in [0.717, 1.165) is 49.6 Å². The summed E-state index contributed by atoms with van der Waals surface area (Å²) in [6.07, 6.45) is 2.89. The summed E-state index contributed by atoms with van der Waals surface area (Å²) in [5.41, 5.74) is -2.96. The summed E-state index contributed by atoms with van der Waals surface area (Å²) in [4.78, 5) is 21.9. The van der Waals surface area contributed by atoms with Gasteiger partial charge in [-0.25, -0.2) is 13.0 Å². The van der Waals surface area contributed by atoms with Crippen molar-refractivity contribution in [3.05, 3.63) is 89.7 Å². The monoisotopic (exact) mass is 653 g/mol. The molecule has 4 aromatic rings. The van der Waals surface area contributed by atoms with Crippen molar-refractivity contribution in [1.82, 2.24) is 4.72 Å². The zero-order valence-electron chi connectivity index (χ0n) is 22.5. The first-order valence-electron chi connectivity index (χ1n) is 13.1. The van der Waals surface area contributed by atoms with Crippen LogP contribution < -0.4 is 18.9 Å². The number of aryl methyl sites for hydroxylation is 1. The van der Waals surface area contributed by atoms with Crippen LogP contribution in [0.25, 0.3) is 10.1 Å². The summed E-state index contributed by atoms with van der Waals surface area (Å²) in [6, 6.07) is 15.4. The third-order valence-electron chi connectivity index (χ3n) is 6.47. The van der Waals surface area contributed by atoms with E-state index in [0.29, 0.717) is 34.6 Å². The fourth-order valence-electron chi connectivity index (χ4n) is 4.32. The molecule has 0 aliphatic rings. The Hall–Kier alpha value is -3.31. The summed E-state index contributed by atoms with van der Waals surface area (Å²) in [7, 11) is -10.2. The average Bonchev–Trinajstić information content (AvgIpc) is 3.39. The lowest BCUT2D eigenvalue weighted by Crippen LogP contribution is -2.32. The topological polar surface area (TPSA) is 143 Å². The molecule has 9 nitrogen and oxygen atoms in total. The third kappa shape index (κ3) is 8.63. The SMILES string of the molecule is N#Cc1ccc(C(NS(=O)(=O)c2cc3ccc(OCCCCCC[n+]4ccccc4)cc3s2)P(=O)([O-])O)cc1C(F)(F)F. The van der Waals surface area contributed by atoms with Gasteiger partial charge in [-0.15, -0.1) is 11.3 Å². The second-order valence-electron chi connectivity index (χ2n) is 9.64. The van der Waals surface area contributed by atoms with Crippen LogP contribution in [0.5, 0.6) is 5.75 Å². The molecule has 2 N–H and O–H groups in total. The number of hydrogen-bond donors (Lipinski definition) is 2. The van der Waals surface area contributed by atoms with Crippen molar-refractivity contribution in [1.29, 1.82) is 5.26 Å². The molecule has 0 amide bonds. The second-order valence-corrected chi connectivity index (χ2v) is 14.3. The number of nitriles is 1. The zero-order chi connectivity index (χ0) is 31.3. The van der Waals surface area contributed by atoms with Crippen molar-refractivity contribution >= 4 is 39.0 Å². The van der Waals surface area contributed by atoms with Crippen LogP contribution in [-0.4, -0.2) is 19.9 Å². The number of ether oxygens (including phenoxy) is 1. The molecule has 0 saturated carbocycles. The number of fused-ring (bicyclic) bond motifs is 1. The van der Waals surface area contributed by atoms with E-state index in [2.05, 4.69) is 4.57 Å². The minimum atomic E-state index is -5.60. The minimum absolute atomic E-state index is 0.320. The lowest BCUT2D eigenvalue weighted by atomic mass is 10.0. The molecule has 0 spiro atoms. The van der Waals surface area contributed by atoms with Crippen LogP contribution >= 0.6 is 18.9 Å². The Labute approximate surface area is 250 Å². The van der Waals surface area contributed by atoms with Gasteiger partial charge in [0.05, 0.1) is 23.8 Å². The lowest BCUT2D eigenvalue weighted by Gasteiger charge is -2.28. The molecule has 0 radical (unpaired) electrons. The molecule has 0 saturated heterocycles. The highest BCUT2D eigenvalue weighted by Gasteiger charge is 2.36. The summed E-state index contributed by atoms with van der Waals surface area (Å²) in [5.74, 6) is -1.91. The number of nitrogens with zero attached hydrogens (tertiary/aromatic N) is 2. The predicted molar refractivity (Wildman–Crippen MR) is 151 cm³/mol. The molecule has 0 bridgehead atoms. The standard InChI is InChI=1S/C28H27F3N3O6PS2/c29-28(30,31)24-16-21(8-9-22(24)19-32)27(41(35,36)37)33-43(38,39)26-17-20-10-11-23(18-25(20)42-26)40-15-7-2-1-4-12-34-13-5-3-6-14-34/h3,5-6,8-11,13-14,16-18,27,33H,1-2,4,7,12,15H2,(H-,35,36,37). The van der Waals surface area contributed by atoms with Crippen LogP contribution in [0.2, 0.25) is 0 Å². The summed E-state index contributed by atoms with van der Waals surface area (Å²) >= 11 is 0.799. The van der Waals surface area contributed by atoms with E-state index in [1.54, 1.807) is 22.9 Å². The number of unbranched alkanes of at least 4 members (excludes halogenated alkanes) is 3. The van der Waals surface area contributed by atoms with Gasteiger partial charge in [-0.3, -0.25) is 0 Å². The molecule has 2 heterocycles. The molecule has 2 aromatic carbocycles. The number of aromatic nitrogens is 1. The van der Waals surface area contributed by atoms with Gasteiger partial charge in [0.15, 0.2) is 20.0 Å². The summed E-state index contributed by atoms with van der Waals surface area (Å²) < 4.78 is 88.6. The highest BCUT2D eigenvalue weighted by atomic mass is 32.2. The highest BCUT2D eigenvalue weighted by Crippen LogP contribution is 2.48. The lowest BCUT2D eigenvalue weighted by molar-refractivity contribution is -0.697. The molecule has 2 aromatic heterocycles. The van der Waals surface area contributed by atoms with E-state index in [1.807, 2.05) is 30.6 Å². The molecule has 4 rings (SSSR count). The number of thiophene rings is 1. The van der Waals surface area contributed by atoms with E-state index >= 15 is 0 Å². The maximum atomic E-state index is 13.4. The van der Waals surface area contributed by atoms with Crippen molar-refractivity contribution in [2.45, 2.75) is 48.4 Å². The van der Waals surface area contributed by atoms with E-state index in [9.17, 15) is 35.9 Å². The second kappa shape index (κ2) is 13.5. The van der Waals surface area contributed by atoms with Crippen molar-refractivity contribution in [2.75, 3.05) is 6.61 Å². The predicted octanol–water partition coefficient (Wildman–Crippen LogP) is 5.24. The van der Waals surface area contributed by atoms with E-state index in [1.165, 1.54) is 12.1 Å². The Balaban J connectivity index is 1.42. The smallest absolute Gasteiger partial charge is 0.417 e. The Morgan fingerprint density at radius 2 is 1.79 bits per heavy atom. The van der Waals surface area contributed by atoms with Gasteiger partial charge in [0, 0.05) is 23.3 Å². The van der Waals surface area contributed by atoms with Crippen LogP contribution in [0.1, 0.15) is 48.2 Å². The van der Waals surface area contributed by atoms with Crippen LogP contribution in [0, 0.1) is 11.3 Å². The number of benzene rings is 2. The summed E-state index contributed by atoms with van der Waals surface area (Å²) in [6.45, 7) is 1.40. The van der Waals surface area contributed by atoms with Gasteiger partial charge in [0.1, 0.15) is 22.3 Å². The van der Waals surface area contributed by atoms with Crippen molar-refractivity contribution in [2.24, 2.45) is 0 Å². The maximum absolute atomic E-state index is 13.4. The number of nitrogens with one attached hydrogen (secondary N) is 1. The molecule has 43 heavy (non-hydrogen) atoms. The minimum Gasteiger partial charge on any atom is -0.777 e. The molecular weight excluding hydrogens is 626 g/mol. The number of pyridine rings is 1. The van der Waals surface area contributed by atoms with Gasteiger partial charge in [-0.1, -0.05) is 12.1 Å². The van der Waals surface area contributed by atoms with E-state index in [4.69, 9.17) is 10.00 Å².